The predicted molar refractivity (Wildman–Crippen MR) is 116 cm³/mol. The zero-order valence-corrected chi connectivity index (χ0v) is 17.3. The number of hydrogen-bond donors (Lipinski definition) is 0. The van der Waals surface area contributed by atoms with E-state index in [1.807, 2.05) is 18.2 Å². The molecule has 0 N–H and O–H groups in total. The zero-order chi connectivity index (χ0) is 19.7. The van der Waals surface area contributed by atoms with Gasteiger partial charge in [0.15, 0.2) is 0 Å². The molecule has 3 rings (SSSR count). The summed E-state index contributed by atoms with van der Waals surface area (Å²) in [7, 11) is 0. The molecule has 0 bridgehead atoms. The summed E-state index contributed by atoms with van der Waals surface area (Å²) in [6.45, 7) is 13.5. The Kier molecular flexibility index (Phi) is 5.15. The first kappa shape index (κ1) is 19.2. The Labute approximate surface area is 164 Å². The number of benzene rings is 3. The maximum atomic E-state index is 6.29. The van der Waals surface area contributed by atoms with Crippen LogP contribution in [-0.4, -0.2) is 0 Å². The standard InChI is InChI=1S/C26H30O/c1-25(2,3)21-14-17-24(23(18-21)26(4,5)6)27-22-15-12-20(13-16-22)19-10-8-7-9-11-19/h7-18H,1-6H3. The molecule has 27 heavy (non-hydrogen) atoms. The van der Waals surface area contributed by atoms with Gasteiger partial charge in [-0.15, -0.1) is 0 Å². The van der Waals surface area contributed by atoms with Crippen molar-refractivity contribution in [2.75, 3.05) is 0 Å². The van der Waals surface area contributed by atoms with E-state index in [1.54, 1.807) is 0 Å². The molecular formula is C26H30O. The molecule has 3 aromatic carbocycles. The molecule has 0 fully saturated rings. The Morgan fingerprint density at radius 1 is 0.593 bits per heavy atom. The summed E-state index contributed by atoms with van der Waals surface area (Å²) in [4.78, 5) is 0. The lowest BCUT2D eigenvalue weighted by Gasteiger charge is -2.27. The van der Waals surface area contributed by atoms with Crippen LogP contribution in [0.4, 0.5) is 0 Å². The molecule has 0 atom stereocenters. The fraction of sp³-hybridized carbons (Fsp3) is 0.308. The van der Waals surface area contributed by atoms with Crippen LogP contribution in [0.5, 0.6) is 11.5 Å². The maximum Gasteiger partial charge on any atom is 0.131 e. The van der Waals surface area contributed by atoms with Crippen molar-refractivity contribution in [2.24, 2.45) is 0 Å². The molecule has 0 unspecified atom stereocenters. The third-order valence-corrected chi connectivity index (χ3v) is 4.84. The molecule has 0 radical (unpaired) electrons. The average molecular weight is 359 g/mol. The Balaban J connectivity index is 1.91. The van der Waals surface area contributed by atoms with E-state index in [1.165, 1.54) is 22.3 Å². The van der Waals surface area contributed by atoms with Crippen molar-refractivity contribution in [3.05, 3.63) is 83.9 Å². The summed E-state index contributed by atoms with van der Waals surface area (Å²) < 4.78 is 6.29. The minimum Gasteiger partial charge on any atom is -0.457 e. The molecule has 0 saturated heterocycles. The van der Waals surface area contributed by atoms with Gasteiger partial charge in [-0.25, -0.2) is 0 Å². The van der Waals surface area contributed by atoms with E-state index in [-0.39, 0.29) is 10.8 Å². The fourth-order valence-corrected chi connectivity index (χ4v) is 3.14. The third-order valence-electron chi connectivity index (χ3n) is 4.84. The Bertz CT molecular complexity index is 892. The Hall–Kier alpha value is -2.54. The highest BCUT2D eigenvalue weighted by Gasteiger charge is 2.23. The van der Waals surface area contributed by atoms with Crippen molar-refractivity contribution in [1.82, 2.24) is 0 Å². The second-order valence-corrected chi connectivity index (χ2v) is 9.20. The largest absolute Gasteiger partial charge is 0.457 e. The number of rotatable bonds is 3. The SMILES string of the molecule is CC(C)(C)c1ccc(Oc2ccc(-c3ccccc3)cc2)c(C(C)(C)C)c1. The highest BCUT2D eigenvalue weighted by Crippen LogP contribution is 2.37. The smallest absolute Gasteiger partial charge is 0.131 e. The van der Waals surface area contributed by atoms with Gasteiger partial charge in [-0.05, 0) is 45.7 Å². The number of ether oxygens (including phenoxy) is 1. The van der Waals surface area contributed by atoms with E-state index < -0.39 is 0 Å². The molecule has 140 valence electrons. The maximum absolute atomic E-state index is 6.29. The van der Waals surface area contributed by atoms with Gasteiger partial charge in [-0.3, -0.25) is 0 Å². The molecule has 1 nitrogen and oxygen atoms in total. The van der Waals surface area contributed by atoms with Crippen LogP contribution in [0.2, 0.25) is 0 Å². The molecule has 0 amide bonds. The Morgan fingerprint density at radius 2 is 1.19 bits per heavy atom. The summed E-state index contributed by atoms with van der Waals surface area (Å²) in [5.74, 6) is 1.80. The van der Waals surface area contributed by atoms with E-state index in [9.17, 15) is 0 Å². The molecule has 0 aliphatic carbocycles. The predicted octanol–water partition coefficient (Wildman–Crippen LogP) is 7.74. The zero-order valence-electron chi connectivity index (χ0n) is 17.3. The van der Waals surface area contributed by atoms with Crippen molar-refractivity contribution in [3.8, 4) is 22.6 Å². The normalized spacial score (nSPS) is 12.1. The van der Waals surface area contributed by atoms with Gasteiger partial charge in [0.25, 0.3) is 0 Å². The minimum absolute atomic E-state index is 0.0145. The average Bonchev–Trinajstić information content (AvgIpc) is 2.61. The van der Waals surface area contributed by atoms with Crippen LogP contribution in [0.3, 0.4) is 0 Å². The molecule has 0 aliphatic heterocycles. The van der Waals surface area contributed by atoms with Crippen molar-refractivity contribution < 1.29 is 4.74 Å². The van der Waals surface area contributed by atoms with Gasteiger partial charge in [0, 0.05) is 5.56 Å². The lowest BCUT2D eigenvalue weighted by Crippen LogP contribution is -2.17. The quantitative estimate of drug-likeness (QED) is 0.465. The summed E-state index contributed by atoms with van der Waals surface area (Å²) >= 11 is 0. The van der Waals surface area contributed by atoms with Crippen LogP contribution in [0.15, 0.2) is 72.8 Å². The summed E-state index contributed by atoms with van der Waals surface area (Å²) in [6, 6.07) is 25.3. The molecule has 3 aromatic rings. The highest BCUT2D eigenvalue weighted by atomic mass is 16.5. The molecule has 0 aliphatic rings. The highest BCUT2D eigenvalue weighted by molar-refractivity contribution is 5.64. The molecule has 0 aromatic heterocycles. The minimum atomic E-state index is 0.0145. The van der Waals surface area contributed by atoms with Gasteiger partial charge in [-0.1, -0.05) is 96.1 Å². The van der Waals surface area contributed by atoms with Gasteiger partial charge < -0.3 is 4.74 Å². The van der Waals surface area contributed by atoms with Crippen LogP contribution in [0.25, 0.3) is 11.1 Å². The second-order valence-electron chi connectivity index (χ2n) is 9.20. The first-order valence-corrected chi connectivity index (χ1v) is 9.63. The molecule has 0 saturated carbocycles. The molecule has 0 spiro atoms. The van der Waals surface area contributed by atoms with Gasteiger partial charge in [0.05, 0.1) is 0 Å². The van der Waals surface area contributed by atoms with Crippen molar-refractivity contribution >= 4 is 0 Å². The second kappa shape index (κ2) is 7.23. The van der Waals surface area contributed by atoms with Crippen LogP contribution < -0.4 is 4.74 Å². The van der Waals surface area contributed by atoms with Crippen LogP contribution in [0.1, 0.15) is 52.7 Å². The summed E-state index contributed by atoms with van der Waals surface area (Å²) in [5.41, 5.74) is 5.12. The van der Waals surface area contributed by atoms with Gasteiger partial charge >= 0.3 is 0 Å². The van der Waals surface area contributed by atoms with E-state index >= 15 is 0 Å². The van der Waals surface area contributed by atoms with E-state index in [4.69, 9.17) is 4.74 Å². The van der Waals surface area contributed by atoms with E-state index in [0.29, 0.717) is 0 Å². The molecule has 1 heteroatoms. The lowest BCUT2D eigenvalue weighted by atomic mass is 9.80. The van der Waals surface area contributed by atoms with Crippen LogP contribution in [-0.2, 0) is 10.8 Å². The first-order valence-electron chi connectivity index (χ1n) is 9.63. The van der Waals surface area contributed by atoms with E-state index in [0.717, 1.165) is 11.5 Å². The van der Waals surface area contributed by atoms with E-state index in [2.05, 4.69) is 96.1 Å². The third kappa shape index (κ3) is 4.60. The van der Waals surface area contributed by atoms with Crippen LogP contribution >= 0.6 is 0 Å². The van der Waals surface area contributed by atoms with Gasteiger partial charge in [0.1, 0.15) is 11.5 Å². The van der Waals surface area contributed by atoms with Crippen molar-refractivity contribution in [2.45, 2.75) is 52.4 Å². The molecular weight excluding hydrogens is 328 g/mol. The number of hydrogen-bond acceptors (Lipinski definition) is 1. The molecule has 0 heterocycles. The van der Waals surface area contributed by atoms with Crippen LogP contribution in [0, 0.1) is 0 Å². The Morgan fingerprint density at radius 3 is 1.74 bits per heavy atom. The van der Waals surface area contributed by atoms with Gasteiger partial charge in [0.2, 0.25) is 0 Å². The van der Waals surface area contributed by atoms with Crippen molar-refractivity contribution in [1.29, 1.82) is 0 Å². The van der Waals surface area contributed by atoms with Gasteiger partial charge in [-0.2, -0.15) is 0 Å². The van der Waals surface area contributed by atoms with Crippen molar-refractivity contribution in [3.63, 3.8) is 0 Å². The summed E-state index contributed by atoms with van der Waals surface area (Å²) in [6.07, 6.45) is 0. The topological polar surface area (TPSA) is 9.23 Å². The monoisotopic (exact) mass is 358 g/mol. The summed E-state index contributed by atoms with van der Waals surface area (Å²) in [5, 5.41) is 0. The first-order chi connectivity index (χ1) is 12.6. The lowest BCUT2D eigenvalue weighted by molar-refractivity contribution is 0.453. The fourth-order valence-electron chi connectivity index (χ4n) is 3.14.